The number of hydrogen-bond acceptors (Lipinski definition) is 2. The van der Waals surface area contributed by atoms with E-state index in [0.29, 0.717) is 6.42 Å². The van der Waals surface area contributed by atoms with Gasteiger partial charge in [0.25, 0.3) is 0 Å². The Morgan fingerprint density at radius 1 is 1.55 bits per heavy atom. The van der Waals surface area contributed by atoms with Crippen LogP contribution in [0.2, 0.25) is 0 Å². The molecule has 0 atom stereocenters. The fourth-order valence-corrected chi connectivity index (χ4v) is 0.883. The van der Waals surface area contributed by atoms with Crippen LogP contribution in [0.4, 0.5) is 0 Å². The molecule has 0 aliphatic rings. The number of pyridine rings is 1. The molecule has 1 rings (SSSR count). The van der Waals surface area contributed by atoms with Crippen LogP contribution in [-0.4, -0.2) is 10.5 Å². The van der Waals surface area contributed by atoms with E-state index in [1.54, 1.807) is 24.5 Å². The number of hydrogen-bond donors (Lipinski definition) is 0. The number of carbonyl (C=O) groups is 1. The van der Waals surface area contributed by atoms with Crippen LogP contribution in [0.15, 0.2) is 24.5 Å². The van der Waals surface area contributed by atoms with E-state index in [0.717, 1.165) is 4.51 Å². The summed E-state index contributed by atoms with van der Waals surface area (Å²) < 4.78 is 2.29. The van der Waals surface area contributed by atoms with Crippen molar-refractivity contribution in [1.82, 2.24) is 4.57 Å². The normalized spacial score (nSPS) is 9.55. The average molecular weight is 167 g/mol. The largest absolute Gasteiger partial charge is 0.295 e. The van der Waals surface area contributed by atoms with Crippen molar-refractivity contribution in [1.29, 1.82) is 0 Å². The second-order valence-electron chi connectivity index (χ2n) is 2.19. The van der Waals surface area contributed by atoms with Crippen molar-refractivity contribution >= 4 is 18.1 Å². The molecule has 2 nitrogen and oxygen atoms in total. The first-order valence-electron chi connectivity index (χ1n) is 3.45. The maximum Gasteiger partial charge on any atom is 0.230 e. The fourth-order valence-electron chi connectivity index (χ4n) is 0.762. The second-order valence-corrected chi connectivity index (χ2v) is 2.66. The van der Waals surface area contributed by atoms with Crippen LogP contribution in [0.1, 0.15) is 18.1 Å². The lowest BCUT2D eigenvalue weighted by molar-refractivity contribution is 0.0908. The highest BCUT2D eigenvalue weighted by Crippen LogP contribution is 1.93. The van der Waals surface area contributed by atoms with Crippen molar-refractivity contribution in [3.8, 4) is 0 Å². The summed E-state index contributed by atoms with van der Waals surface area (Å²) in [5.41, 5.74) is 0. The topological polar surface area (TPSA) is 22.0 Å². The van der Waals surface area contributed by atoms with E-state index >= 15 is 0 Å². The zero-order valence-corrected chi connectivity index (χ0v) is 7.10. The zero-order chi connectivity index (χ0) is 8.27. The molecule has 0 radical (unpaired) electrons. The van der Waals surface area contributed by atoms with Crippen LogP contribution >= 0.6 is 12.2 Å². The quantitative estimate of drug-likeness (QED) is 0.598. The molecule has 0 unspecified atom stereocenters. The first-order valence-corrected chi connectivity index (χ1v) is 3.86. The molecule has 58 valence electrons. The molecule has 0 aliphatic heterocycles. The standard InChI is InChI=1S/C8H9NOS/c1-2-8(10)9-5-3-7(11)4-6-9/h3-6H,2H2,1H3. The minimum atomic E-state index is 0.0833. The highest BCUT2D eigenvalue weighted by molar-refractivity contribution is 7.71. The molecule has 11 heavy (non-hydrogen) atoms. The van der Waals surface area contributed by atoms with Crippen molar-refractivity contribution < 1.29 is 4.79 Å². The van der Waals surface area contributed by atoms with Crippen LogP contribution in [0, 0.1) is 4.51 Å². The predicted molar refractivity (Wildman–Crippen MR) is 46.2 cm³/mol. The van der Waals surface area contributed by atoms with Crippen LogP contribution in [0.25, 0.3) is 0 Å². The molecule has 0 fully saturated rings. The second kappa shape index (κ2) is 3.44. The lowest BCUT2D eigenvalue weighted by Crippen LogP contribution is -2.07. The van der Waals surface area contributed by atoms with E-state index in [-0.39, 0.29) is 5.91 Å². The monoisotopic (exact) mass is 167 g/mol. The maximum atomic E-state index is 11.1. The van der Waals surface area contributed by atoms with Crippen molar-refractivity contribution in [3.05, 3.63) is 29.0 Å². The third-order valence-corrected chi connectivity index (χ3v) is 1.66. The molecular formula is C8H9NOS. The van der Waals surface area contributed by atoms with Gasteiger partial charge >= 0.3 is 0 Å². The minimum absolute atomic E-state index is 0.0833. The summed E-state index contributed by atoms with van der Waals surface area (Å²) in [7, 11) is 0. The summed E-state index contributed by atoms with van der Waals surface area (Å²) >= 11 is 4.87. The van der Waals surface area contributed by atoms with Crippen molar-refractivity contribution in [2.45, 2.75) is 13.3 Å². The third kappa shape index (κ3) is 1.98. The van der Waals surface area contributed by atoms with Gasteiger partial charge in [0.05, 0.1) is 0 Å². The zero-order valence-electron chi connectivity index (χ0n) is 6.28. The fraction of sp³-hybridized carbons (Fsp3) is 0.250. The molecule has 0 N–H and O–H groups in total. The molecule has 0 saturated carbocycles. The molecule has 0 aromatic carbocycles. The number of aromatic nitrogens is 1. The molecule has 0 spiro atoms. The van der Waals surface area contributed by atoms with Gasteiger partial charge in [0.1, 0.15) is 0 Å². The van der Waals surface area contributed by atoms with Gasteiger partial charge in [-0.25, -0.2) is 0 Å². The molecule has 0 saturated heterocycles. The van der Waals surface area contributed by atoms with Crippen molar-refractivity contribution in [3.63, 3.8) is 0 Å². The summed E-state index contributed by atoms with van der Waals surface area (Å²) in [4.78, 5) is 11.1. The van der Waals surface area contributed by atoms with Gasteiger partial charge in [0.15, 0.2) is 0 Å². The van der Waals surface area contributed by atoms with E-state index in [1.807, 2.05) is 6.92 Å². The Bertz CT molecular complexity index is 296. The van der Waals surface area contributed by atoms with E-state index < -0.39 is 0 Å². The van der Waals surface area contributed by atoms with Crippen molar-refractivity contribution in [2.24, 2.45) is 0 Å². The van der Waals surface area contributed by atoms with Gasteiger partial charge in [-0.3, -0.25) is 9.36 Å². The summed E-state index contributed by atoms with van der Waals surface area (Å²) in [6.45, 7) is 1.83. The van der Waals surface area contributed by atoms with E-state index in [4.69, 9.17) is 12.2 Å². The molecule has 1 aromatic rings. The minimum Gasteiger partial charge on any atom is -0.295 e. The van der Waals surface area contributed by atoms with E-state index in [2.05, 4.69) is 0 Å². The average Bonchev–Trinajstić information content (AvgIpc) is 2.05. The van der Waals surface area contributed by atoms with Gasteiger partial charge in [0.2, 0.25) is 5.91 Å². The van der Waals surface area contributed by atoms with Crippen LogP contribution < -0.4 is 0 Å². The van der Waals surface area contributed by atoms with Crippen LogP contribution in [0.3, 0.4) is 0 Å². The Balaban J connectivity index is 2.99. The van der Waals surface area contributed by atoms with Crippen LogP contribution in [0.5, 0.6) is 0 Å². The maximum absolute atomic E-state index is 11.1. The SMILES string of the molecule is CCC(=O)n1ccc(=S)cc1. The Hall–Kier alpha value is -0.960. The lowest BCUT2D eigenvalue weighted by atomic mass is 10.4. The number of rotatable bonds is 1. The summed E-state index contributed by atoms with van der Waals surface area (Å²) in [5, 5.41) is 0. The molecule has 1 aromatic heterocycles. The Morgan fingerprint density at radius 3 is 2.55 bits per heavy atom. The predicted octanol–water partition coefficient (Wildman–Crippen LogP) is 2.27. The van der Waals surface area contributed by atoms with Gasteiger partial charge in [-0.2, -0.15) is 0 Å². The molecule has 0 amide bonds. The Labute approximate surface area is 70.5 Å². The van der Waals surface area contributed by atoms with Gasteiger partial charge < -0.3 is 0 Å². The lowest BCUT2D eigenvalue weighted by Gasteiger charge is -1.99. The number of carbonyl (C=O) groups excluding carboxylic acids is 1. The summed E-state index contributed by atoms with van der Waals surface area (Å²) in [6.07, 6.45) is 3.89. The Kier molecular flexibility index (Phi) is 2.54. The number of nitrogens with zero attached hydrogens (tertiary/aromatic N) is 1. The summed E-state index contributed by atoms with van der Waals surface area (Å²) in [5.74, 6) is 0.0833. The van der Waals surface area contributed by atoms with Crippen LogP contribution in [-0.2, 0) is 0 Å². The summed E-state index contributed by atoms with van der Waals surface area (Å²) in [6, 6.07) is 3.48. The van der Waals surface area contributed by atoms with Gasteiger partial charge in [-0.1, -0.05) is 19.1 Å². The molecule has 0 aliphatic carbocycles. The van der Waals surface area contributed by atoms with Gasteiger partial charge in [-0.05, 0) is 12.1 Å². The molecular weight excluding hydrogens is 158 g/mol. The Morgan fingerprint density at radius 2 is 2.09 bits per heavy atom. The van der Waals surface area contributed by atoms with Gasteiger partial charge in [0, 0.05) is 23.3 Å². The first kappa shape index (κ1) is 8.14. The highest BCUT2D eigenvalue weighted by Gasteiger charge is 1.95. The molecule has 3 heteroatoms. The molecule has 0 bridgehead atoms. The van der Waals surface area contributed by atoms with E-state index in [9.17, 15) is 4.79 Å². The smallest absolute Gasteiger partial charge is 0.230 e. The van der Waals surface area contributed by atoms with Crippen molar-refractivity contribution in [2.75, 3.05) is 0 Å². The van der Waals surface area contributed by atoms with E-state index in [1.165, 1.54) is 4.57 Å². The first-order chi connectivity index (χ1) is 5.24. The highest BCUT2D eigenvalue weighted by atomic mass is 32.1. The third-order valence-electron chi connectivity index (χ3n) is 1.39. The van der Waals surface area contributed by atoms with Gasteiger partial charge in [-0.15, -0.1) is 0 Å². The molecule has 1 heterocycles.